The summed E-state index contributed by atoms with van der Waals surface area (Å²) in [5, 5.41) is 3.10. The Kier molecular flexibility index (Phi) is 6.21. The Balaban J connectivity index is 1.99. The minimum Gasteiger partial charge on any atom is -0.468 e. The van der Waals surface area contributed by atoms with Gasteiger partial charge in [0.2, 0.25) is 0 Å². The van der Waals surface area contributed by atoms with E-state index < -0.39 is 12.6 Å². The molecular formula is C12H18F3NO2. The Morgan fingerprint density at radius 2 is 2.22 bits per heavy atom. The van der Waals surface area contributed by atoms with Crippen LogP contribution in [0.2, 0.25) is 0 Å². The fourth-order valence-corrected chi connectivity index (χ4v) is 1.43. The molecule has 1 heterocycles. The van der Waals surface area contributed by atoms with Crippen molar-refractivity contribution in [3.8, 4) is 0 Å². The quantitative estimate of drug-likeness (QED) is 0.733. The number of alkyl halides is 3. The lowest BCUT2D eigenvalue weighted by Crippen LogP contribution is -2.27. The molecule has 0 amide bonds. The number of hydrogen-bond acceptors (Lipinski definition) is 3. The van der Waals surface area contributed by atoms with Crippen LogP contribution in [0.15, 0.2) is 22.8 Å². The number of furan rings is 1. The van der Waals surface area contributed by atoms with Gasteiger partial charge in [-0.1, -0.05) is 0 Å². The Hall–Kier alpha value is -1.01. The lowest BCUT2D eigenvalue weighted by Gasteiger charge is -2.14. The SMILES string of the molecule is CC(CNCc1ccco1)OCCCC(F)(F)F. The highest BCUT2D eigenvalue weighted by atomic mass is 19.4. The van der Waals surface area contributed by atoms with Crippen molar-refractivity contribution in [2.75, 3.05) is 13.2 Å². The highest BCUT2D eigenvalue weighted by Crippen LogP contribution is 2.21. The summed E-state index contributed by atoms with van der Waals surface area (Å²) in [5.74, 6) is 0.819. The van der Waals surface area contributed by atoms with E-state index in [1.165, 1.54) is 0 Å². The van der Waals surface area contributed by atoms with Gasteiger partial charge in [-0.25, -0.2) is 0 Å². The molecule has 1 aromatic heterocycles. The molecule has 0 saturated heterocycles. The van der Waals surface area contributed by atoms with E-state index in [0.717, 1.165) is 5.76 Å². The van der Waals surface area contributed by atoms with Crippen LogP contribution in [0.3, 0.4) is 0 Å². The topological polar surface area (TPSA) is 34.4 Å². The van der Waals surface area contributed by atoms with Crippen LogP contribution in [-0.2, 0) is 11.3 Å². The van der Waals surface area contributed by atoms with Crippen molar-refractivity contribution in [3.05, 3.63) is 24.2 Å². The van der Waals surface area contributed by atoms with Crippen LogP contribution < -0.4 is 5.32 Å². The molecule has 1 atom stereocenters. The maximum absolute atomic E-state index is 11.9. The largest absolute Gasteiger partial charge is 0.468 e. The summed E-state index contributed by atoms with van der Waals surface area (Å²) in [5.41, 5.74) is 0. The van der Waals surface area contributed by atoms with Gasteiger partial charge in [0, 0.05) is 19.6 Å². The number of halogens is 3. The van der Waals surface area contributed by atoms with Crippen LogP contribution in [0.4, 0.5) is 13.2 Å². The summed E-state index contributed by atoms with van der Waals surface area (Å²) in [7, 11) is 0. The molecule has 0 aliphatic heterocycles. The van der Waals surface area contributed by atoms with Crippen LogP contribution in [0.1, 0.15) is 25.5 Å². The second kappa shape index (κ2) is 7.43. The van der Waals surface area contributed by atoms with Crippen molar-refractivity contribution in [1.82, 2.24) is 5.32 Å². The predicted molar refractivity (Wildman–Crippen MR) is 61.1 cm³/mol. The molecule has 18 heavy (non-hydrogen) atoms. The van der Waals surface area contributed by atoms with Crippen molar-refractivity contribution in [3.63, 3.8) is 0 Å². The highest BCUT2D eigenvalue weighted by Gasteiger charge is 2.26. The van der Waals surface area contributed by atoms with Crippen molar-refractivity contribution in [1.29, 1.82) is 0 Å². The number of rotatable bonds is 8. The van der Waals surface area contributed by atoms with Crippen LogP contribution in [-0.4, -0.2) is 25.4 Å². The van der Waals surface area contributed by atoms with Gasteiger partial charge in [0.25, 0.3) is 0 Å². The van der Waals surface area contributed by atoms with E-state index in [1.807, 2.05) is 13.0 Å². The standard InChI is InChI=1S/C12H18F3NO2/c1-10(17-7-3-5-12(13,14)15)8-16-9-11-4-2-6-18-11/h2,4,6,10,16H,3,5,7-9H2,1H3. The summed E-state index contributed by atoms with van der Waals surface area (Å²) >= 11 is 0. The first-order valence-corrected chi connectivity index (χ1v) is 5.89. The smallest absolute Gasteiger partial charge is 0.389 e. The zero-order valence-electron chi connectivity index (χ0n) is 10.3. The van der Waals surface area contributed by atoms with Crippen molar-refractivity contribution >= 4 is 0 Å². The summed E-state index contributed by atoms with van der Waals surface area (Å²) in [6.07, 6.45) is -3.41. The first-order chi connectivity index (χ1) is 8.47. The number of hydrogen-bond donors (Lipinski definition) is 1. The molecule has 6 heteroatoms. The van der Waals surface area contributed by atoms with Crippen molar-refractivity contribution < 1.29 is 22.3 Å². The molecule has 0 fully saturated rings. The minimum absolute atomic E-state index is 0.00598. The van der Waals surface area contributed by atoms with Gasteiger partial charge in [-0.05, 0) is 25.5 Å². The van der Waals surface area contributed by atoms with E-state index >= 15 is 0 Å². The Bertz CT molecular complexity index is 312. The first kappa shape index (κ1) is 15.0. The average Bonchev–Trinajstić information content (AvgIpc) is 2.76. The Morgan fingerprint density at radius 3 is 2.83 bits per heavy atom. The first-order valence-electron chi connectivity index (χ1n) is 5.89. The number of nitrogens with one attached hydrogen (secondary N) is 1. The molecule has 1 unspecified atom stereocenters. The molecule has 0 bridgehead atoms. The molecule has 0 aliphatic carbocycles. The molecule has 0 saturated carbocycles. The zero-order valence-corrected chi connectivity index (χ0v) is 10.3. The molecule has 0 spiro atoms. The fraction of sp³-hybridized carbons (Fsp3) is 0.667. The summed E-state index contributed by atoms with van der Waals surface area (Å²) in [6.45, 7) is 3.11. The molecule has 0 radical (unpaired) electrons. The van der Waals surface area contributed by atoms with Crippen LogP contribution in [0.5, 0.6) is 0 Å². The van der Waals surface area contributed by atoms with Gasteiger partial charge >= 0.3 is 6.18 Å². The van der Waals surface area contributed by atoms with E-state index in [4.69, 9.17) is 9.15 Å². The van der Waals surface area contributed by atoms with E-state index in [-0.39, 0.29) is 19.1 Å². The number of ether oxygens (including phenoxy) is 1. The molecule has 1 rings (SSSR count). The van der Waals surface area contributed by atoms with E-state index in [0.29, 0.717) is 13.1 Å². The van der Waals surface area contributed by atoms with Gasteiger partial charge in [0.05, 0.1) is 18.9 Å². The second-order valence-corrected chi connectivity index (χ2v) is 4.11. The second-order valence-electron chi connectivity index (χ2n) is 4.11. The maximum atomic E-state index is 11.9. The summed E-state index contributed by atoms with van der Waals surface area (Å²) in [6, 6.07) is 3.65. The third kappa shape index (κ3) is 7.34. The molecular weight excluding hydrogens is 247 g/mol. The normalized spacial score (nSPS) is 13.8. The lowest BCUT2D eigenvalue weighted by atomic mass is 10.3. The predicted octanol–water partition coefficient (Wildman–Crippen LogP) is 3.12. The fourth-order valence-electron chi connectivity index (χ4n) is 1.43. The van der Waals surface area contributed by atoms with Gasteiger partial charge in [0.1, 0.15) is 5.76 Å². The molecule has 1 N–H and O–H groups in total. The molecule has 3 nitrogen and oxygen atoms in total. The third-order valence-corrected chi connectivity index (χ3v) is 2.32. The lowest BCUT2D eigenvalue weighted by molar-refractivity contribution is -0.138. The third-order valence-electron chi connectivity index (χ3n) is 2.32. The van der Waals surface area contributed by atoms with Gasteiger partial charge < -0.3 is 14.5 Å². The van der Waals surface area contributed by atoms with Gasteiger partial charge in [-0.15, -0.1) is 0 Å². The van der Waals surface area contributed by atoms with Crippen molar-refractivity contribution in [2.45, 2.75) is 38.6 Å². The zero-order chi connectivity index (χ0) is 13.4. The Labute approximate surface area is 104 Å². The van der Waals surface area contributed by atoms with Gasteiger partial charge in [-0.2, -0.15) is 13.2 Å². The van der Waals surface area contributed by atoms with Gasteiger partial charge in [-0.3, -0.25) is 0 Å². The maximum Gasteiger partial charge on any atom is 0.389 e. The molecule has 0 aromatic carbocycles. The minimum atomic E-state index is -4.09. The van der Waals surface area contributed by atoms with E-state index in [2.05, 4.69) is 5.32 Å². The van der Waals surface area contributed by atoms with Crippen LogP contribution in [0.25, 0.3) is 0 Å². The molecule has 0 aliphatic rings. The van der Waals surface area contributed by atoms with Crippen LogP contribution >= 0.6 is 0 Å². The molecule has 1 aromatic rings. The van der Waals surface area contributed by atoms with E-state index in [9.17, 15) is 13.2 Å². The monoisotopic (exact) mass is 265 g/mol. The summed E-state index contributed by atoms with van der Waals surface area (Å²) in [4.78, 5) is 0. The summed E-state index contributed by atoms with van der Waals surface area (Å²) < 4.78 is 46.0. The average molecular weight is 265 g/mol. The molecule has 104 valence electrons. The van der Waals surface area contributed by atoms with Gasteiger partial charge in [0.15, 0.2) is 0 Å². The highest BCUT2D eigenvalue weighted by molar-refractivity contribution is 4.97. The van der Waals surface area contributed by atoms with Crippen molar-refractivity contribution in [2.24, 2.45) is 0 Å². The van der Waals surface area contributed by atoms with Crippen LogP contribution in [0, 0.1) is 0 Å². The Morgan fingerprint density at radius 1 is 1.44 bits per heavy atom. The van der Waals surface area contributed by atoms with E-state index in [1.54, 1.807) is 12.3 Å².